The highest BCUT2D eigenvalue weighted by Gasteiger charge is 2.26. The lowest BCUT2D eigenvalue weighted by Gasteiger charge is -2.29. The monoisotopic (exact) mass is 405 g/mol. The van der Waals surface area contributed by atoms with Crippen LogP contribution in [0.4, 0.5) is 22.9 Å². The van der Waals surface area contributed by atoms with Crippen LogP contribution in [0.5, 0.6) is 0 Å². The minimum Gasteiger partial charge on any atom is -0.340 e. The van der Waals surface area contributed by atoms with Crippen molar-refractivity contribution in [3.63, 3.8) is 0 Å². The first-order valence-electron chi connectivity index (χ1n) is 9.08. The second kappa shape index (κ2) is 8.32. The third-order valence-corrected chi connectivity index (χ3v) is 5.11. The van der Waals surface area contributed by atoms with Crippen molar-refractivity contribution in [1.82, 2.24) is 9.97 Å². The molecule has 0 atom stereocenters. The number of rotatable bonds is 5. The number of carbonyl (C=O) groups excluding carboxylic acids is 2. The summed E-state index contributed by atoms with van der Waals surface area (Å²) in [5.74, 6) is 0.431. The quantitative estimate of drug-likeness (QED) is 0.498. The molecule has 1 aliphatic rings. The van der Waals surface area contributed by atoms with Gasteiger partial charge in [0.2, 0.25) is 11.8 Å². The zero-order valence-corrected chi connectivity index (χ0v) is 16.6. The average Bonchev–Trinajstić information content (AvgIpc) is 2.71. The summed E-state index contributed by atoms with van der Waals surface area (Å²) in [5, 5.41) is 6.53. The van der Waals surface area contributed by atoms with E-state index in [2.05, 4.69) is 20.6 Å². The van der Waals surface area contributed by atoms with E-state index in [-0.39, 0.29) is 24.1 Å². The van der Waals surface area contributed by atoms with Gasteiger partial charge in [-0.2, -0.15) is 0 Å². The summed E-state index contributed by atoms with van der Waals surface area (Å²) < 4.78 is 0. The number of benzene rings is 2. The van der Waals surface area contributed by atoms with E-state index in [1.165, 1.54) is 16.7 Å². The summed E-state index contributed by atoms with van der Waals surface area (Å²) >= 11 is 1.25. The summed E-state index contributed by atoms with van der Waals surface area (Å²) in [4.78, 5) is 35.1. The number of thioether (sulfide) groups is 1. The lowest BCUT2D eigenvalue weighted by Crippen LogP contribution is -2.43. The van der Waals surface area contributed by atoms with E-state index in [0.717, 1.165) is 11.4 Å². The van der Waals surface area contributed by atoms with Crippen molar-refractivity contribution in [2.75, 3.05) is 27.8 Å². The number of nitrogens with one attached hydrogen (secondary N) is 2. The van der Waals surface area contributed by atoms with Crippen molar-refractivity contribution in [2.24, 2.45) is 0 Å². The molecule has 29 heavy (non-hydrogen) atoms. The maximum atomic E-state index is 12.8. The molecule has 2 N–H and O–H groups in total. The number of fused-ring (bicyclic) bond motifs is 1. The first kappa shape index (κ1) is 18.9. The molecule has 0 radical (unpaired) electrons. The van der Waals surface area contributed by atoms with Gasteiger partial charge in [0.15, 0.2) is 5.16 Å². The maximum Gasteiger partial charge on any atom is 0.244 e. The highest BCUT2D eigenvalue weighted by Crippen LogP contribution is 2.30. The van der Waals surface area contributed by atoms with Crippen molar-refractivity contribution in [3.8, 4) is 0 Å². The number of carbonyl (C=O) groups is 2. The fourth-order valence-corrected chi connectivity index (χ4v) is 3.78. The van der Waals surface area contributed by atoms with Gasteiger partial charge >= 0.3 is 0 Å². The molecular weight excluding hydrogens is 386 g/mol. The van der Waals surface area contributed by atoms with Gasteiger partial charge in [0.05, 0.1) is 17.1 Å². The molecule has 1 aliphatic heterocycles. The Bertz CT molecular complexity index is 1060. The Kier molecular flexibility index (Phi) is 5.44. The molecule has 2 heterocycles. The number of hydrogen-bond acceptors (Lipinski definition) is 6. The molecule has 0 saturated carbocycles. The van der Waals surface area contributed by atoms with E-state index in [9.17, 15) is 9.59 Å². The van der Waals surface area contributed by atoms with Crippen LogP contribution in [-0.2, 0) is 9.59 Å². The number of nitrogens with zero attached hydrogens (tertiary/aromatic N) is 3. The summed E-state index contributed by atoms with van der Waals surface area (Å²) in [5.41, 5.74) is 3.07. The molecule has 146 valence electrons. The molecule has 7 nitrogen and oxygen atoms in total. The van der Waals surface area contributed by atoms with Gasteiger partial charge in [0.1, 0.15) is 12.4 Å². The topological polar surface area (TPSA) is 87.2 Å². The first-order valence-corrected chi connectivity index (χ1v) is 10.1. The molecule has 2 amide bonds. The molecule has 4 rings (SSSR count). The van der Waals surface area contributed by atoms with Gasteiger partial charge in [-0.3, -0.25) is 9.59 Å². The molecule has 0 fully saturated rings. The van der Waals surface area contributed by atoms with Crippen molar-refractivity contribution >= 4 is 46.5 Å². The van der Waals surface area contributed by atoms with Crippen molar-refractivity contribution in [2.45, 2.75) is 12.1 Å². The molecule has 0 spiro atoms. The molecule has 1 aromatic heterocycles. The van der Waals surface area contributed by atoms with Crippen LogP contribution >= 0.6 is 11.8 Å². The number of aryl methyl sites for hydroxylation is 1. The largest absolute Gasteiger partial charge is 0.340 e. The van der Waals surface area contributed by atoms with Crippen LogP contribution in [-0.4, -0.2) is 34.1 Å². The van der Waals surface area contributed by atoms with Crippen molar-refractivity contribution < 1.29 is 9.59 Å². The van der Waals surface area contributed by atoms with Gasteiger partial charge in [-0.25, -0.2) is 9.97 Å². The zero-order chi connectivity index (χ0) is 20.2. The summed E-state index contributed by atoms with van der Waals surface area (Å²) in [6.07, 6.45) is 0. The summed E-state index contributed by atoms with van der Waals surface area (Å²) in [7, 11) is 0. The van der Waals surface area contributed by atoms with Gasteiger partial charge in [0.25, 0.3) is 0 Å². The highest BCUT2D eigenvalue weighted by atomic mass is 32.2. The van der Waals surface area contributed by atoms with E-state index >= 15 is 0 Å². The molecular formula is C21H19N5O2S. The normalized spacial score (nSPS) is 12.9. The molecule has 2 aromatic carbocycles. The van der Waals surface area contributed by atoms with E-state index in [4.69, 9.17) is 0 Å². The van der Waals surface area contributed by atoms with Crippen LogP contribution in [0.1, 0.15) is 5.69 Å². The van der Waals surface area contributed by atoms with Gasteiger partial charge in [-0.05, 0) is 31.2 Å². The van der Waals surface area contributed by atoms with Crippen LogP contribution < -0.4 is 15.5 Å². The molecule has 0 unspecified atom stereocenters. The third kappa shape index (κ3) is 4.55. The third-order valence-electron chi connectivity index (χ3n) is 4.28. The second-order valence-corrected chi connectivity index (χ2v) is 7.44. The van der Waals surface area contributed by atoms with Gasteiger partial charge < -0.3 is 15.5 Å². The smallest absolute Gasteiger partial charge is 0.244 e. The van der Waals surface area contributed by atoms with Gasteiger partial charge in [-0.15, -0.1) is 0 Å². The van der Waals surface area contributed by atoms with E-state index in [1.54, 1.807) is 6.07 Å². The number of para-hydroxylation sites is 3. The number of amides is 2. The Balaban J connectivity index is 1.46. The number of anilines is 4. The van der Waals surface area contributed by atoms with Crippen LogP contribution in [0.2, 0.25) is 0 Å². The SMILES string of the molecule is Cc1cc(Nc2ccccc2)nc(SCC(=O)N2CC(=O)Nc3ccccc32)n1. The Labute approximate surface area is 172 Å². The average molecular weight is 405 g/mol. The summed E-state index contributed by atoms with van der Waals surface area (Å²) in [6.45, 7) is 1.89. The predicted octanol–water partition coefficient (Wildman–Crippen LogP) is 3.61. The second-order valence-electron chi connectivity index (χ2n) is 6.50. The lowest BCUT2D eigenvalue weighted by atomic mass is 10.2. The molecule has 8 heteroatoms. The van der Waals surface area contributed by atoms with Crippen LogP contribution in [0.25, 0.3) is 0 Å². The Hall–Kier alpha value is -3.39. The van der Waals surface area contributed by atoms with Gasteiger partial charge in [-0.1, -0.05) is 42.1 Å². The minimum atomic E-state index is -0.205. The predicted molar refractivity (Wildman–Crippen MR) is 115 cm³/mol. The van der Waals surface area contributed by atoms with E-state index < -0.39 is 0 Å². The Morgan fingerprint density at radius 2 is 1.90 bits per heavy atom. The van der Waals surface area contributed by atoms with Crippen LogP contribution in [0.15, 0.2) is 65.8 Å². The van der Waals surface area contributed by atoms with E-state index in [1.807, 2.05) is 61.5 Å². The summed E-state index contributed by atoms with van der Waals surface area (Å²) in [6, 6.07) is 18.9. The van der Waals surface area contributed by atoms with Crippen LogP contribution in [0.3, 0.4) is 0 Å². The standard InChI is InChI=1S/C21H19N5O2S/c1-14-11-18(23-15-7-3-2-4-8-15)25-21(22-14)29-13-20(28)26-12-19(27)24-16-9-5-6-10-17(16)26/h2-11H,12-13H2,1H3,(H,24,27)(H,22,23,25). The molecule has 0 bridgehead atoms. The van der Waals surface area contributed by atoms with Crippen molar-refractivity contribution in [3.05, 3.63) is 66.4 Å². The van der Waals surface area contributed by atoms with Crippen molar-refractivity contribution in [1.29, 1.82) is 0 Å². The molecule has 0 saturated heterocycles. The van der Waals surface area contributed by atoms with E-state index in [0.29, 0.717) is 22.3 Å². The zero-order valence-electron chi connectivity index (χ0n) is 15.8. The number of hydrogen-bond donors (Lipinski definition) is 2. The Morgan fingerprint density at radius 1 is 1.14 bits per heavy atom. The molecule has 3 aromatic rings. The van der Waals surface area contributed by atoms with Gasteiger partial charge in [0, 0.05) is 17.4 Å². The van der Waals surface area contributed by atoms with Crippen LogP contribution in [0, 0.1) is 6.92 Å². The molecule has 0 aliphatic carbocycles. The highest BCUT2D eigenvalue weighted by molar-refractivity contribution is 7.99. The number of aromatic nitrogens is 2. The Morgan fingerprint density at radius 3 is 2.72 bits per heavy atom. The first-order chi connectivity index (χ1) is 14.1. The lowest BCUT2D eigenvalue weighted by molar-refractivity contribution is -0.120. The fourth-order valence-electron chi connectivity index (χ4n) is 3.00. The maximum absolute atomic E-state index is 12.8. The fraction of sp³-hybridized carbons (Fsp3) is 0.143. The minimum absolute atomic E-state index is 0.00585.